The molecule has 0 radical (unpaired) electrons. The highest BCUT2D eigenvalue weighted by molar-refractivity contribution is 6.24. The minimum atomic E-state index is -4.99. The number of ether oxygens (including phenoxy) is 2. The van der Waals surface area contributed by atoms with Gasteiger partial charge in [-0.25, -0.2) is 19.4 Å². The summed E-state index contributed by atoms with van der Waals surface area (Å²) in [5.74, 6) is -6.16. The molecule has 0 bridgehead atoms. The first kappa shape index (κ1) is 39.8. The maximum absolute atomic E-state index is 15.5. The van der Waals surface area contributed by atoms with Gasteiger partial charge in [-0.05, 0) is 63.4 Å². The molecule has 3 aromatic rings. The number of anilines is 1. The molecule has 1 aromatic heterocycles. The molecule has 2 aliphatic heterocycles. The van der Waals surface area contributed by atoms with Crippen LogP contribution < -0.4 is 10.1 Å². The molecule has 0 atom stereocenters. The summed E-state index contributed by atoms with van der Waals surface area (Å²) in [5, 5.41) is 15.9. The van der Waals surface area contributed by atoms with E-state index in [1.165, 1.54) is 24.2 Å². The molecule has 6 rings (SSSR count). The van der Waals surface area contributed by atoms with Gasteiger partial charge in [-0.15, -0.1) is 0 Å². The molecule has 1 saturated carbocycles. The van der Waals surface area contributed by atoms with Crippen molar-refractivity contribution < 1.29 is 59.3 Å². The van der Waals surface area contributed by atoms with Crippen molar-refractivity contribution in [2.45, 2.75) is 63.1 Å². The second-order valence-corrected chi connectivity index (χ2v) is 14.1. The summed E-state index contributed by atoms with van der Waals surface area (Å²) in [7, 11) is 1.42. The van der Waals surface area contributed by atoms with Gasteiger partial charge in [-0.1, -0.05) is 6.07 Å². The number of carbonyl (C=O) groups is 2. The monoisotopic (exact) mass is 784 g/mol. The van der Waals surface area contributed by atoms with Crippen LogP contribution in [0.2, 0.25) is 0 Å². The number of hydrogen-bond acceptors (Lipinski definition) is 9. The molecule has 3 heterocycles. The largest absolute Gasteiger partial charge is 0.509 e. The van der Waals surface area contributed by atoms with E-state index in [1.54, 1.807) is 0 Å². The summed E-state index contributed by atoms with van der Waals surface area (Å²) in [6.45, 7) is 5.50. The van der Waals surface area contributed by atoms with Crippen molar-refractivity contribution in [2.75, 3.05) is 45.2 Å². The van der Waals surface area contributed by atoms with Crippen LogP contribution in [0.1, 0.15) is 49.9 Å². The van der Waals surface area contributed by atoms with E-state index in [0.29, 0.717) is 57.2 Å². The van der Waals surface area contributed by atoms with Crippen LogP contribution in [-0.4, -0.2) is 92.8 Å². The van der Waals surface area contributed by atoms with Crippen molar-refractivity contribution in [3.8, 4) is 17.0 Å². The summed E-state index contributed by atoms with van der Waals surface area (Å²) < 4.78 is 124. The number of morpholine rings is 1. The average molecular weight is 785 g/mol. The van der Waals surface area contributed by atoms with Crippen LogP contribution in [0.5, 0.6) is 5.75 Å². The number of aliphatic hydroxyl groups is 1. The molecule has 11 nitrogen and oxygen atoms in total. The zero-order chi connectivity index (χ0) is 40.1. The Bertz CT molecular complexity index is 2020. The smallest absolute Gasteiger partial charge is 0.433 e. The number of aromatic nitrogens is 2. The topological polar surface area (TPSA) is 120 Å². The minimum absolute atomic E-state index is 0.0472. The highest BCUT2D eigenvalue weighted by atomic mass is 19.4. The van der Waals surface area contributed by atoms with E-state index in [4.69, 9.17) is 9.47 Å². The lowest BCUT2D eigenvalue weighted by Gasteiger charge is -2.54. The van der Waals surface area contributed by atoms with Crippen molar-refractivity contribution in [3.05, 3.63) is 82.5 Å². The molecular formula is C36H36F8N6O5. The number of benzene rings is 2. The third-order valence-electron chi connectivity index (χ3n) is 9.96. The van der Waals surface area contributed by atoms with E-state index in [1.807, 2.05) is 13.8 Å². The van der Waals surface area contributed by atoms with E-state index in [-0.39, 0.29) is 36.4 Å². The molecule has 1 saturated heterocycles. The first-order valence-corrected chi connectivity index (χ1v) is 17.1. The standard InChI is InChI=1S/C36H36F8N6O5/c1-33(2)18-49(12-14-55-33)11-13-54-25-8-5-20(28(37)29(25)38)17-50-32(53)27(30(51)34(48(50)3)9-4-10-34)31(52)47-23-7-6-21(35(39,40)41)15-22(23)24-16-26(36(42,43)44)46-19-45-24/h5-8,15-16,19,51H,4,9-14,17-18H2,1-3H3,(H,47,52). The number of halogens is 8. The number of amides is 2. The molecule has 55 heavy (non-hydrogen) atoms. The number of carbonyl (C=O) groups excluding carboxylic acids is 2. The Kier molecular flexibility index (Phi) is 10.6. The predicted octanol–water partition coefficient (Wildman–Crippen LogP) is 6.51. The molecular weight excluding hydrogens is 748 g/mol. The molecule has 1 aliphatic carbocycles. The van der Waals surface area contributed by atoms with Crippen molar-refractivity contribution in [3.63, 3.8) is 0 Å². The molecule has 0 unspecified atom stereocenters. The number of rotatable bonds is 9. The molecule has 1 spiro atoms. The van der Waals surface area contributed by atoms with Gasteiger partial charge in [0.1, 0.15) is 30.0 Å². The van der Waals surface area contributed by atoms with Gasteiger partial charge in [0.25, 0.3) is 11.8 Å². The van der Waals surface area contributed by atoms with Crippen LogP contribution in [0.25, 0.3) is 11.3 Å². The second-order valence-electron chi connectivity index (χ2n) is 14.1. The highest BCUT2D eigenvalue weighted by Gasteiger charge is 2.55. The van der Waals surface area contributed by atoms with Crippen LogP contribution in [-0.2, 0) is 33.2 Å². The number of nitrogens with zero attached hydrogens (tertiary/aromatic N) is 5. The summed E-state index contributed by atoms with van der Waals surface area (Å²) in [6.07, 6.45) is -8.45. The minimum Gasteiger partial charge on any atom is -0.509 e. The Labute approximate surface area is 309 Å². The lowest BCUT2D eigenvalue weighted by molar-refractivity contribution is -0.172. The van der Waals surface area contributed by atoms with E-state index in [2.05, 4.69) is 20.2 Å². The highest BCUT2D eigenvalue weighted by Crippen LogP contribution is 2.47. The van der Waals surface area contributed by atoms with E-state index in [9.17, 15) is 41.0 Å². The zero-order valence-corrected chi connectivity index (χ0v) is 29.7. The Hall–Kier alpha value is -4.88. The Morgan fingerprint density at radius 1 is 1.02 bits per heavy atom. The first-order valence-electron chi connectivity index (χ1n) is 17.1. The second kappa shape index (κ2) is 14.6. The number of aliphatic hydroxyl groups excluding tert-OH is 1. The number of likely N-dealkylation sites (N-methyl/N-ethyl adjacent to an activating group) is 1. The van der Waals surface area contributed by atoms with Crippen molar-refractivity contribution in [1.29, 1.82) is 0 Å². The van der Waals surface area contributed by atoms with Crippen LogP contribution in [0.3, 0.4) is 0 Å². The van der Waals surface area contributed by atoms with Crippen molar-refractivity contribution in [2.24, 2.45) is 0 Å². The maximum Gasteiger partial charge on any atom is 0.433 e. The number of alkyl halides is 6. The normalized spacial score (nSPS) is 19.1. The Morgan fingerprint density at radius 2 is 1.75 bits per heavy atom. The molecule has 2 fully saturated rings. The van der Waals surface area contributed by atoms with Gasteiger partial charge in [-0.2, -0.15) is 30.7 Å². The lowest BCUT2D eigenvalue weighted by atomic mass is 9.72. The third kappa shape index (κ3) is 7.95. The summed E-state index contributed by atoms with van der Waals surface area (Å²) in [4.78, 5) is 36.7. The average Bonchev–Trinajstić information content (AvgIpc) is 3.08. The Balaban J connectivity index is 1.26. The fourth-order valence-corrected chi connectivity index (χ4v) is 6.88. The third-order valence-corrected chi connectivity index (χ3v) is 9.96. The Morgan fingerprint density at radius 3 is 2.38 bits per heavy atom. The molecule has 296 valence electrons. The van der Waals surface area contributed by atoms with Gasteiger partial charge in [0.05, 0.1) is 41.2 Å². The molecule has 19 heteroatoms. The molecule has 2 aromatic carbocycles. The fraction of sp³-hybridized carbons (Fsp3) is 0.444. The molecule has 2 amide bonds. The SMILES string of the molecule is CN1N(Cc2ccc(OCCN3CCOC(C)(C)C3)c(F)c2F)C(=O)C(C(=O)Nc2ccc(C(F)(F)F)cc2-c2cc(C(F)(F)F)ncn2)=C(O)C12CCC2. The van der Waals surface area contributed by atoms with Gasteiger partial charge in [0.2, 0.25) is 5.82 Å². The fourth-order valence-electron chi connectivity index (χ4n) is 6.88. The predicted molar refractivity (Wildman–Crippen MR) is 179 cm³/mol. The van der Waals surface area contributed by atoms with Gasteiger partial charge < -0.3 is 19.9 Å². The summed E-state index contributed by atoms with van der Waals surface area (Å²) >= 11 is 0. The maximum atomic E-state index is 15.5. The van der Waals surface area contributed by atoms with Crippen LogP contribution in [0, 0.1) is 11.6 Å². The van der Waals surface area contributed by atoms with Gasteiger partial charge in [0.15, 0.2) is 11.6 Å². The number of nitrogens with one attached hydrogen (secondary N) is 1. The van der Waals surface area contributed by atoms with Crippen molar-refractivity contribution in [1.82, 2.24) is 24.9 Å². The summed E-state index contributed by atoms with van der Waals surface area (Å²) in [5.41, 5.74) is -7.31. The van der Waals surface area contributed by atoms with Crippen LogP contribution in [0.4, 0.5) is 40.8 Å². The van der Waals surface area contributed by atoms with Gasteiger partial charge >= 0.3 is 12.4 Å². The van der Waals surface area contributed by atoms with Gasteiger partial charge in [-0.3, -0.25) is 19.5 Å². The number of hydrogen-bond donors (Lipinski definition) is 2. The van der Waals surface area contributed by atoms with E-state index >= 15 is 8.78 Å². The van der Waals surface area contributed by atoms with E-state index in [0.717, 1.165) is 11.1 Å². The lowest BCUT2D eigenvalue weighted by Crippen LogP contribution is -2.65. The van der Waals surface area contributed by atoms with Gasteiger partial charge in [0, 0.05) is 37.8 Å². The van der Waals surface area contributed by atoms with Crippen LogP contribution in [0.15, 0.2) is 54.1 Å². The first-order chi connectivity index (χ1) is 25.7. The van der Waals surface area contributed by atoms with Crippen molar-refractivity contribution >= 4 is 17.5 Å². The summed E-state index contributed by atoms with van der Waals surface area (Å²) in [6, 6.07) is 4.60. The van der Waals surface area contributed by atoms with E-state index < -0.39 is 87.4 Å². The zero-order valence-electron chi connectivity index (χ0n) is 29.7. The number of hydrazine groups is 1. The van der Waals surface area contributed by atoms with Crippen LogP contribution >= 0.6 is 0 Å². The molecule has 3 aliphatic rings. The molecule has 2 N–H and O–H groups in total. The quantitative estimate of drug-likeness (QED) is 0.185.